The van der Waals surface area contributed by atoms with Crippen LogP contribution in [0.15, 0.2) is 30.3 Å². The number of anilines is 1. The van der Waals surface area contributed by atoms with Crippen LogP contribution in [0.1, 0.15) is 9.67 Å². The summed E-state index contributed by atoms with van der Waals surface area (Å²) in [6.45, 7) is 0. The number of methoxy groups -OCH3 is 1. The largest absolute Gasteiger partial charge is 0.497 e. The first kappa shape index (κ1) is 17.6. The molecule has 0 radical (unpaired) electrons. The van der Waals surface area contributed by atoms with E-state index >= 15 is 0 Å². The van der Waals surface area contributed by atoms with Gasteiger partial charge >= 0.3 is 0 Å². The van der Waals surface area contributed by atoms with Crippen molar-refractivity contribution in [1.82, 2.24) is 0 Å². The minimum absolute atomic E-state index is 0.289. The van der Waals surface area contributed by atoms with Gasteiger partial charge in [0.1, 0.15) is 10.6 Å². The molecule has 8 heteroatoms. The third-order valence-corrected chi connectivity index (χ3v) is 5.99. The number of thiophene rings is 1. The Hall–Kier alpha value is -1.17. The molecule has 0 atom stereocenters. The van der Waals surface area contributed by atoms with Crippen molar-refractivity contribution in [2.75, 3.05) is 12.4 Å². The maximum absolute atomic E-state index is 12.6. The second-order valence-electron chi connectivity index (χ2n) is 4.81. The summed E-state index contributed by atoms with van der Waals surface area (Å²) in [5.74, 6) is 0.320. The number of hydrogen-bond donors (Lipinski definition) is 1. The second kappa shape index (κ2) is 6.98. The van der Waals surface area contributed by atoms with E-state index in [0.717, 1.165) is 10.1 Å². The molecular weight excluding hydrogens is 412 g/mol. The molecule has 1 aromatic heterocycles. The van der Waals surface area contributed by atoms with E-state index in [0.29, 0.717) is 31.4 Å². The fourth-order valence-corrected chi connectivity index (χ4v) is 4.15. The number of amides is 1. The fraction of sp³-hybridized carbons (Fsp3) is 0.0625. The molecule has 0 saturated carbocycles. The highest BCUT2D eigenvalue weighted by Gasteiger charge is 2.19. The van der Waals surface area contributed by atoms with Crippen LogP contribution in [0.3, 0.4) is 0 Å². The van der Waals surface area contributed by atoms with Gasteiger partial charge in [-0.05, 0) is 30.3 Å². The number of carbonyl (C=O) groups is 1. The van der Waals surface area contributed by atoms with E-state index in [1.807, 2.05) is 12.1 Å². The summed E-state index contributed by atoms with van der Waals surface area (Å²) in [7, 11) is 1.58. The molecule has 0 aliphatic carbocycles. The smallest absolute Gasteiger partial charge is 0.267 e. The molecule has 24 heavy (non-hydrogen) atoms. The Labute approximate surface area is 162 Å². The zero-order valence-electron chi connectivity index (χ0n) is 12.1. The number of rotatable bonds is 3. The fourth-order valence-electron chi connectivity index (χ4n) is 2.12. The van der Waals surface area contributed by atoms with E-state index in [4.69, 9.17) is 51.1 Å². The number of fused-ring (bicyclic) bond motifs is 1. The van der Waals surface area contributed by atoms with Gasteiger partial charge < -0.3 is 10.1 Å². The zero-order chi connectivity index (χ0) is 17.4. The molecule has 124 valence electrons. The van der Waals surface area contributed by atoms with Gasteiger partial charge in [-0.2, -0.15) is 0 Å². The lowest BCUT2D eigenvalue weighted by atomic mass is 10.2. The van der Waals surface area contributed by atoms with Crippen LogP contribution < -0.4 is 10.1 Å². The first-order chi connectivity index (χ1) is 11.4. The summed E-state index contributed by atoms with van der Waals surface area (Å²) in [4.78, 5) is 12.9. The van der Waals surface area contributed by atoms with Gasteiger partial charge in [0.2, 0.25) is 0 Å². The quantitative estimate of drug-likeness (QED) is 0.474. The highest BCUT2D eigenvalue weighted by Crippen LogP contribution is 2.38. The summed E-state index contributed by atoms with van der Waals surface area (Å²) in [5.41, 5.74) is 0.363. The molecule has 0 spiro atoms. The molecule has 3 nitrogen and oxygen atoms in total. The van der Waals surface area contributed by atoms with E-state index in [-0.39, 0.29) is 10.9 Å². The molecule has 2 aromatic carbocycles. The van der Waals surface area contributed by atoms with E-state index in [9.17, 15) is 4.79 Å². The van der Waals surface area contributed by atoms with E-state index in [1.54, 1.807) is 13.2 Å². The van der Waals surface area contributed by atoms with Crippen molar-refractivity contribution in [3.8, 4) is 5.75 Å². The minimum Gasteiger partial charge on any atom is -0.497 e. The van der Waals surface area contributed by atoms with Crippen LogP contribution in [-0.2, 0) is 0 Å². The monoisotopic (exact) mass is 419 g/mol. The van der Waals surface area contributed by atoms with E-state index in [1.165, 1.54) is 23.5 Å². The predicted octanol–water partition coefficient (Wildman–Crippen LogP) is 6.78. The van der Waals surface area contributed by atoms with Crippen LogP contribution in [0, 0.1) is 0 Å². The average Bonchev–Trinajstić information content (AvgIpc) is 2.89. The van der Waals surface area contributed by atoms with Crippen molar-refractivity contribution in [1.29, 1.82) is 0 Å². The molecule has 3 aromatic rings. The van der Waals surface area contributed by atoms with Crippen molar-refractivity contribution in [2.45, 2.75) is 0 Å². The highest BCUT2D eigenvalue weighted by molar-refractivity contribution is 7.21. The van der Waals surface area contributed by atoms with Crippen molar-refractivity contribution in [2.24, 2.45) is 0 Å². The maximum atomic E-state index is 12.6. The summed E-state index contributed by atoms with van der Waals surface area (Å²) >= 11 is 25.5. The summed E-state index contributed by atoms with van der Waals surface area (Å²) in [6.07, 6.45) is 0. The summed E-state index contributed by atoms with van der Waals surface area (Å²) in [6, 6.07) is 8.40. The number of nitrogens with one attached hydrogen (secondary N) is 1. The van der Waals surface area contributed by atoms with Gasteiger partial charge in [-0.25, -0.2) is 0 Å². The molecule has 0 unspecified atom stereocenters. The van der Waals surface area contributed by atoms with Crippen molar-refractivity contribution >= 4 is 79.4 Å². The lowest BCUT2D eigenvalue weighted by molar-refractivity contribution is 0.103. The molecule has 0 aliphatic rings. The normalized spacial score (nSPS) is 10.9. The van der Waals surface area contributed by atoms with E-state index in [2.05, 4.69) is 5.32 Å². The van der Waals surface area contributed by atoms with Gasteiger partial charge in [0, 0.05) is 10.1 Å². The Bertz CT molecular complexity index is 955. The average molecular weight is 421 g/mol. The second-order valence-corrected chi connectivity index (χ2v) is 7.46. The minimum atomic E-state index is -0.375. The van der Waals surface area contributed by atoms with Crippen LogP contribution in [-0.4, -0.2) is 13.0 Å². The Morgan fingerprint density at radius 1 is 1.04 bits per heavy atom. The highest BCUT2D eigenvalue weighted by atomic mass is 35.5. The van der Waals surface area contributed by atoms with Crippen molar-refractivity contribution in [3.63, 3.8) is 0 Å². The third kappa shape index (κ3) is 3.30. The topological polar surface area (TPSA) is 38.3 Å². The van der Waals surface area contributed by atoms with Gasteiger partial charge in [-0.15, -0.1) is 11.3 Å². The van der Waals surface area contributed by atoms with Crippen LogP contribution in [0.2, 0.25) is 20.1 Å². The van der Waals surface area contributed by atoms with Gasteiger partial charge in [0.25, 0.3) is 5.91 Å². The maximum Gasteiger partial charge on any atom is 0.267 e. The number of halogens is 4. The Morgan fingerprint density at radius 2 is 1.75 bits per heavy atom. The Morgan fingerprint density at radius 3 is 2.46 bits per heavy atom. The predicted molar refractivity (Wildman–Crippen MR) is 103 cm³/mol. The van der Waals surface area contributed by atoms with Crippen LogP contribution in [0.25, 0.3) is 10.1 Å². The van der Waals surface area contributed by atoms with Gasteiger partial charge in [-0.1, -0.05) is 46.4 Å². The van der Waals surface area contributed by atoms with Crippen molar-refractivity contribution < 1.29 is 9.53 Å². The Kier molecular flexibility index (Phi) is 5.13. The van der Waals surface area contributed by atoms with Gasteiger partial charge in [0.05, 0.1) is 32.9 Å². The number of ether oxygens (including phenoxy) is 1. The zero-order valence-corrected chi connectivity index (χ0v) is 16.0. The molecule has 3 rings (SSSR count). The molecule has 0 aliphatic heterocycles. The van der Waals surface area contributed by atoms with Crippen LogP contribution >= 0.6 is 57.7 Å². The van der Waals surface area contributed by atoms with Crippen LogP contribution in [0.4, 0.5) is 5.69 Å². The molecule has 1 amide bonds. The molecule has 1 N–H and O–H groups in total. The molecule has 0 bridgehead atoms. The summed E-state index contributed by atoms with van der Waals surface area (Å²) in [5, 5.41) is 4.77. The lowest BCUT2D eigenvalue weighted by Gasteiger charge is -2.08. The van der Waals surface area contributed by atoms with E-state index < -0.39 is 0 Å². The van der Waals surface area contributed by atoms with Gasteiger partial charge in [0.15, 0.2) is 0 Å². The molecule has 1 heterocycles. The van der Waals surface area contributed by atoms with Gasteiger partial charge in [-0.3, -0.25) is 4.79 Å². The lowest BCUT2D eigenvalue weighted by Crippen LogP contribution is -2.11. The molecule has 0 saturated heterocycles. The third-order valence-electron chi connectivity index (χ3n) is 3.30. The first-order valence-corrected chi connectivity index (χ1v) is 8.95. The standard InChI is InChI=1S/C16H9Cl4NO2S/c1-23-7-2-3-8-13(4-7)24-15(14(8)20)16(22)21-12-6-10(18)9(17)5-11(12)19/h2-6H,1H3,(H,21,22). The number of hydrogen-bond acceptors (Lipinski definition) is 3. The van der Waals surface area contributed by atoms with Crippen LogP contribution in [0.5, 0.6) is 5.75 Å². The number of carbonyl (C=O) groups excluding carboxylic acids is 1. The first-order valence-electron chi connectivity index (χ1n) is 6.62. The van der Waals surface area contributed by atoms with Crippen molar-refractivity contribution in [3.05, 3.63) is 55.3 Å². The SMILES string of the molecule is COc1ccc2c(Cl)c(C(=O)Nc3cc(Cl)c(Cl)cc3Cl)sc2c1. The number of benzene rings is 2. The summed E-state index contributed by atoms with van der Waals surface area (Å²) < 4.78 is 6.04. The molecule has 0 fully saturated rings. The Balaban J connectivity index is 1.97. The molecular formula is C16H9Cl4NO2S.